The van der Waals surface area contributed by atoms with Crippen LogP contribution < -0.4 is 5.73 Å². The van der Waals surface area contributed by atoms with Crippen molar-refractivity contribution in [2.75, 3.05) is 13.1 Å². The third kappa shape index (κ3) is 3.34. The Balaban J connectivity index is 1.69. The lowest BCUT2D eigenvalue weighted by atomic mass is 9.92. The quantitative estimate of drug-likeness (QED) is 0.938. The zero-order chi connectivity index (χ0) is 14.7. The number of hydrogen-bond acceptors (Lipinski definition) is 4. The van der Waals surface area contributed by atoms with Gasteiger partial charge in [-0.1, -0.05) is 25.1 Å². The molecule has 21 heavy (non-hydrogen) atoms. The average Bonchev–Trinajstić information content (AvgIpc) is 2.98. The Labute approximate surface area is 126 Å². The Morgan fingerprint density at radius 1 is 1.33 bits per heavy atom. The van der Waals surface area contributed by atoms with Crippen molar-refractivity contribution in [1.82, 2.24) is 9.88 Å². The molecule has 4 nitrogen and oxygen atoms in total. The van der Waals surface area contributed by atoms with Crippen LogP contribution in [0.25, 0.3) is 11.5 Å². The van der Waals surface area contributed by atoms with E-state index in [-0.39, 0.29) is 0 Å². The largest absolute Gasteiger partial charge is 0.444 e. The highest BCUT2D eigenvalue weighted by Crippen LogP contribution is 2.24. The van der Waals surface area contributed by atoms with E-state index in [9.17, 15) is 0 Å². The summed E-state index contributed by atoms with van der Waals surface area (Å²) in [5, 5.41) is 0. The van der Waals surface area contributed by atoms with Crippen molar-refractivity contribution < 1.29 is 4.42 Å². The number of rotatable bonds is 4. The van der Waals surface area contributed by atoms with E-state index in [1.54, 1.807) is 6.26 Å². The Hall–Kier alpha value is -1.65. The molecule has 112 valence electrons. The van der Waals surface area contributed by atoms with E-state index in [2.05, 4.69) is 16.8 Å². The predicted octanol–water partition coefficient (Wildman–Crippen LogP) is 2.90. The van der Waals surface area contributed by atoms with Gasteiger partial charge < -0.3 is 10.2 Å². The molecule has 2 unspecified atom stereocenters. The third-order valence-electron chi connectivity index (χ3n) is 4.31. The van der Waals surface area contributed by atoms with Crippen LogP contribution >= 0.6 is 0 Å². The highest BCUT2D eigenvalue weighted by molar-refractivity contribution is 5.52. The Morgan fingerprint density at radius 3 is 2.90 bits per heavy atom. The first-order chi connectivity index (χ1) is 10.3. The molecule has 2 N–H and O–H groups in total. The van der Waals surface area contributed by atoms with Gasteiger partial charge in [0.15, 0.2) is 0 Å². The van der Waals surface area contributed by atoms with Gasteiger partial charge >= 0.3 is 0 Å². The maximum atomic E-state index is 5.92. The van der Waals surface area contributed by atoms with Gasteiger partial charge in [0.1, 0.15) is 6.26 Å². The summed E-state index contributed by atoms with van der Waals surface area (Å²) in [7, 11) is 0. The van der Waals surface area contributed by atoms with Crippen molar-refractivity contribution in [1.29, 1.82) is 0 Å². The van der Waals surface area contributed by atoms with E-state index in [1.807, 2.05) is 30.3 Å². The zero-order valence-corrected chi connectivity index (χ0v) is 12.5. The van der Waals surface area contributed by atoms with E-state index in [0.29, 0.717) is 18.5 Å². The number of oxazole rings is 1. The zero-order valence-electron chi connectivity index (χ0n) is 12.5. The van der Waals surface area contributed by atoms with Gasteiger partial charge in [0.2, 0.25) is 5.89 Å². The van der Waals surface area contributed by atoms with Crippen LogP contribution in [0.15, 0.2) is 41.0 Å². The molecule has 2 atom stereocenters. The molecule has 4 heteroatoms. The van der Waals surface area contributed by atoms with Crippen molar-refractivity contribution in [3.63, 3.8) is 0 Å². The molecule has 0 aliphatic carbocycles. The maximum absolute atomic E-state index is 5.92. The molecule has 0 spiro atoms. The molecule has 1 aliphatic heterocycles. The highest BCUT2D eigenvalue weighted by atomic mass is 16.3. The van der Waals surface area contributed by atoms with Crippen LogP contribution in [0.4, 0.5) is 0 Å². The molecule has 3 rings (SSSR count). The molecule has 1 aromatic heterocycles. The van der Waals surface area contributed by atoms with Gasteiger partial charge in [-0.05, 0) is 37.4 Å². The molecule has 0 radical (unpaired) electrons. The lowest BCUT2D eigenvalue weighted by Gasteiger charge is -2.37. The van der Waals surface area contributed by atoms with Crippen molar-refractivity contribution >= 4 is 0 Å². The van der Waals surface area contributed by atoms with Crippen molar-refractivity contribution in [3.8, 4) is 11.5 Å². The van der Waals surface area contributed by atoms with Crippen molar-refractivity contribution in [2.45, 2.75) is 32.4 Å². The standard InChI is InChI=1S/C17H23N3O/c1-13-7-8-20(16(9-13)10-18)11-15-12-21-17(19-15)14-5-3-2-4-6-14/h2-6,12-13,16H,7-11,18H2,1H3. The topological polar surface area (TPSA) is 55.3 Å². The van der Waals surface area contributed by atoms with Crippen molar-refractivity contribution in [2.24, 2.45) is 11.7 Å². The lowest BCUT2D eigenvalue weighted by Crippen LogP contribution is -2.45. The van der Waals surface area contributed by atoms with Gasteiger partial charge in [0, 0.05) is 24.7 Å². The average molecular weight is 285 g/mol. The van der Waals surface area contributed by atoms with Crippen LogP contribution in [-0.2, 0) is 6.54 Å². The highest BCUT2D eigenvalue weighted by Gasteiger charge is 2.25. The van der Waals surface area contributed by atoms with Crippen LogP contribution in [0.2, 0.25) is 0 Å². The summed E-state index contributed by atoms with van der Waals surface area (Å²) in [5.74, 6) is 1.47. The second kappa shape index (κ2) is 6.41. The summed E-state index contributed by atoms with van der Waals surface area (Å²) >= 11 is 0. The Morgan fingerprint density at radius 2 is 2.14 bits per heavy atom. The van der Waals surface area contributed by atoms with E-state index in [0.717, 1.165) is 30.3 Å². The van der Waals surface area contributed by atoms with Gasteiger partial charge in [0.25, 0.3) is 0 Å². The SMILES string of the molecule is CC1CCN(Cc2coc(-c3ccccc3)n2)C(CN)C1. The summed E-state index contributed by atoms with van der Waals surface area (Å²) in [4.78, 5) is 7.05. The van der Waals surface area contributed by atoms with E-state index in [4.69, 9.17) is 10.2 Å². The molecular weight excluding hydrogens is 262 g/mol. The molecule has 2 heterocycles. The first-order valence-corrected chi connectivity index (χ1v) is 7.70. The molecule has 0 bridgehead atoms. The van der Waals surface area contributed by atoms with Crippen LogP contribution in [0, 0.1) is 5.92 Å². The number of piperidine rings is 1. The summed E-state index contributed by atoms with van der Waals surface area (Å²) in [6.45, 7) is 4.94. The number of nitrogens with two attached hydrogens (primary N) is 1. The number of aromatic nitrogens is 1. The summed E-state index contributed by atoms with van der Waals surface area (Å²) < 4.78 is 5.61. The minimum Gasteiger partial charge on any atom is -0.444 e. The van der Waals surface area contributed by atoms with Gasteiger partial charge in [-0.2, -0.15) is 0 Å². The monoisotopic (exact) mass is 285 g/mol. The number of likely N-dealkylation sites (tertiary alicyclic amines) is 1. The fourth-order valence-corrected chi connectivity index (χ4v) is 3.05. The Bertz CT molecular complexity index is 566. The molecule has 1 saturated heterocycles. The van der Waals surface area contributed by atoms with Crippen LogP contribution in [0.1, 0.15) is 25.5 Å². The first-order valence-electron chi connectivity index (χ1n) is 7.70. The minimum atomic E-state index is 0.464. The predicted molar refractivity (Wildman–Crippen MR) is 83.6 cm³/mol. The van der Waals surface area contributed by atoms with Crippen LogP contribution in [-0.4, -0.2) is 29.0 Å². The van der Waals surface area contributed by atoms with E-state index < -0.39 is 0 Å². The molecule has 1 fully saturated rings. The second-order valence-electron chi connectivity index (χ2n) is 6.00. The third-order valence-corrected chi connectivity index (χ3v) is 4.31. The van der Waals surface area contributed by atoms with Gasteiger partial charge in [-0.25, -0.2) is 4.98 Å². The van der Waals surface area contributed by atoms with Crippen LogP contribution in [0.5, 0.6) is 0 Å². The summed E-state index contributed by atoms with van der Waals surface area (Å²) in [5.41, 5.74) is 7.93. The van der Waals surface area contributed by atoms with Crippen LogP contribution in [0.3, 0.4) is 0 Å². The summed E-state index contributed by atoms with van der Waals surface area (Å²) in [6, 6.07) is 10.5. The molecular formula is C17H23N3O. The van der Waals surface area contributed by atoms with Gasteiger partial charge in [-0.3, -0.25) is 4.90 Å². The number of nitrogens with zero attached hydrogens (tertiary/aromatic N) is 2. The molecule has 1 aromatic carbocycles. The smallest absolute Gasteiger partial charge is 0.226 e. The molecule has 1 aliphatic rings. The first kappa shape index (κ1) is 14.3. The fourth-order valence-electron chi connectivity index (χ4n) is 3.05. The van der Waals surface area contributed by atoms with Crippen molar-refractivity contribution in [3.05, 3.63) is 42.3 Å². The normalized spacial score (nSPS) is 23.3. The molecule has 2 aromatic rings. The van der Waals surface area contributed by atoms with E-state index >= 15 is 0 Å². The minimum absolute atomic E-state index is 0.464. The summed E-state index contributed by atoms with van der Waals surface area (Å²) in [6.07, 6.45) is 4.19. The Kier molecular flexibility index (Phi) is 4.36. The maximum Gasteiger partial charge on any atom is 0.226 e. The number of benzene rings is 1. The van der Waals surface area contributed by atoms with Gasteiger partial charge in [0.05, 0.1) is 5.69 Å². The van der Waals surface area contributed by atoms with Gasteiger partial charge in [-0.15, -0.1) is 0 Å². The molecule has 0 saturated carbocycles. The number of hydrogen-bond donors (Lipinski definition) is 1. The second-order valence-corrected chi connectivity index (χ2v) is 6.00. The van der Waals surface area contributed by atoms with E-state index in [1.165, 1.54) is 12.8 Å². The fraction of sp³-hybridized carbons (Fsp3) is 0.471. The molecule has 0 amide bonds. The lowest BCUT2D eigenvalue weighted by molar-refractivity contribution is 0.114.